The van der Waals surface area contributed by atoms with Crippen molar-refractivity contribution in [1.29, 1.82) is 0 Å². The van der Waals surface area contributed by atoms with Crippen LogP contribution in [0.5, 0.6) is 0 Å². The number of nitrogens with zero attached hydrogens (tertiary/aromatic N) is 3. The van der Waals surface area contributed by atoms with Crippen LogP contribution in [0.15, 0.2) is 18.5 Å². The maximum atomic E-state index is 11.1. The minimum absolute atomic E-state index is 0.190. The lowest BCUT2D eigenvalue weighted by atomic mass is 10.3. The Hall–Kier alpha value is -1.95. The number of carbonyl (C=O) groups is 1. The molecular weight excluding hydrogens is 206 g/mol. The van der Waals surface area contributed by atoms with Gasteiger partial charge in [0.15, 0.2) is 0 Å². The van der Waals surface area contributed by atoms with Gasteiger partial charge >= 0.3 is 0 Å². The molecule has 0 atom stereocenters. The van der Waals surface area contributed by atoms with Crippen LogP contribution in [-0.4, -0.2) is 20.4 Å². The minimum atomic E-state index is -0.190. The summed E-state index contributed by atoms with van der Waals surface area (Å²) < 4.78 is 1.96. The van der Waals surface area contributed by atoms with Crippen LogP contribution in [0.4, 0.5) is 0 Å². The first-order valence-electron chi connectivity index (χ1n) is 4.98. The van der Waals surface area contributed by atoms with Gasteiger partial charge in [-0.1, -0.05) is 0 Å². The molecule has 2 aromatic rings. The smallest absolute Gasteiger partial charge is 0.235 e. The number of imidazole rings is 1. The minimum Gasteiger partial charge on any atom is -0.326 e. The molecule has 0 aliphatic carbocycles. The van der Waals surface area contributed by atoms with Crippen LogP contribution in [0.2, 0.25) is 0 Å². The average molecular weight is 219 g/mol. The Morgan fingerprint density at radius 3 is 3.19 bits per heavy atom. The van der Waals surface area contributed by atoms with Gasteiger partial charge in [-0.2, -0.15) is 0 Å². The van der Waals surface area contributed by atoms with Crippen LogP contribution in [-0.2, 0) is 11.3 Å². The molecule has 16 heavy (non-hydrogen) atoms. The number of rotatable bonds is 3. The van der Waals surface area contributed by atoms with Gasteiger partial charge < -0.3 is 4.57 Å². The summed E-state index contributed by atoms with van der Waals surface area (Å²) in [6.45, 7) is 2.46. The third kappa shape index (κ3) is 1.87. The number of hydrazine groups is 1. The molecule has 0 unspecified atom stereocenters. The summed E-state index contributed by atoms with van der Waals surface area (Å²) in [4.78, 5) is 19.5. The second-order valence-corrected chi connectivity index (χ2v) is 3.49. The van der Waals surface area contributed by atoms with E-state index < -0.39 is 0 Å². The van der Waals surface area contributed by atoms with Gasteiger partial charge in [0.1, 0.15) is 5.82 Å². The lowest BCUT2D eigenvalue weighted by molar-refractivity contribution is -0.121. The highest BCUT2D eigenvalue weighted by atomic mass is 16.2. The van der Waals surface area contributed by atoms with Crippen molar-refractivity contribution in [1.82, 2.24) is 20.0 Å². The van der Waals surface area contributed by atoms with Crippen LogP contribution in [0, 0.1) is 6.92 Å². The van der Waals surface area contributed by atoms with E-state index in [1.165, 1.54) is 0 Å². The number of aromatic nitrogens is 3. The average Bonchev–Trinajstić information content (AvgIpc) is 2.62. The van der Waals surface area contributed by atoms with Crippen molar-refractivity contribution < 1.29 is 4.79 Å². The molecule has 0 saturated heterocycles. The third-order valence-electron chi connectivity index (χ3n) is 2.46. The molecule has 3 N–H and O–H groups in total. The summed E-state index contributed by atoms with van der Waals surface area (Å²) >= 11 is 0. The van der Waals surface area contributed by atoms with E-state index in [4.69, 9.17) is 5.84 Å². The van der Waals surface area contributed by atoms with E-state index in [2.05, 4.69) is 15.4 Å². The Morgan fingerprint density at radius 1 is 1.62 bits per heavy atom. The highest BCUT2D eigenvalue weighted by Gasteiger charge is 2.08. The fraction of sp³-hybridized carbons (Fsp3) is 0.300. The summed E-state index contributed by atoms with van der Waals surface area (Å²) in [5.41, 5.74) is 3.93. The van der Waals surface area contributed by atoms with E-state index >= 15 is 0 Å². The monoisotopic (exact) mass is 219 g/mol. The van der Waals surface area contributed by atoms with E-state index in [0.29, 0.717) is 13.0 Å². The molecule has 0 radical (unpaired) electrons. The van der Waals surface area contributed by atoms with Crippen molar-refractivity contribution in [3.8, 4) is 0 Å². The summed E-state index contributed by atoms with van der Waals surface area (Å²) in [6, 6.07) is 1.85. The van der Waals surface area contributed by atoms with Gasteiger partial charge in [-0.3, -0.25) is 15.2 Å². The van der Waals surface area contributed by atoms with E-state index in [-0.39, 0.29) is 5.91 Å². The molecule has 6 nitrogen and oxygen atoms in total. The highest BCUT2D eigenvalue weighted by molar-refractivity contribution is 5.77. The number of amides is 1. The Morgan fingerprint density at radius 2 is 2.44 bits per heavy atom. The standard InChI is InChI=1S/C10H13N5O/c1-7-13-8-2-4-12-6-9(8)15(7)5-3-10(16)14-11/h2,4,6H,3,5,11H2,1H3,(H,14,16). The second-order valence-electron chi connectivity index (χ2n) is 3.49. The van der Waals surface area contributed by atoms with Crippen LogP contribution < -0.4 is 11.3 Å². The van der Waals surface area contributed by atoms with Crippen molar-refractivity contribution in [2.75, 3.05) is 0 Å². The van der Waals surface area contributed by atoms with Crippen molar-refractivity contribution in [3.63, 3.8) is 0 Å². The maximum Gasteiger partial charge on any atom is 0.235 e. The first-order valence-corrected chi connectivity index (χ1v) is 4.98. The van der Waals surface area contributed by atoms with E-state index in [1.807, 2.05) is 17.6 Å². The number of hydrogen-bond acceptors (Lipinski definition) is 4. The Bertz CT molecular complexity index is 519. The zero-order valence-electron chi connectivity index (χ0n) is 8.97. The molecule has 2 aromatic heterocycles. The predicted molar refractivity (Wildman–Crippen MR) is 59.2 cm³/mol. The molecule has 0 saturated carbocycles. The topological polar surface area (TPSA) is 85.8 Å². The van der Waals surface area contributed by atoms with Gasteiger partial charge in [-0.15, -0.1) is 0 Å². The van der Waals surface area contributed by atoms with Crippen molar-refractivity contribution in [2.24, 2.45) is 5.84 Å². The molecule has 0 spiro atoms. The SMILES string of the molecule is Cc1nc2ccncc2n1CCC(=O)NN. The van der Waals surface area contributed by atoms with Crippen molar-refractivity contribution in [2.45, 2.75) is 19.9 Å². The Kier molecular flexibility index (Phi) is 2.82. The fourth-order valence-electron chi connectivity index (χ4n) is 1.66. The van der Waals surface area contributed by atoms with E-state index in [9.17, 15) is 4.79 Å². The summed E-state index contributed by atoms with van der Waals surface area (Å²) in [5, 5.41) is 0. The molecular formula is C10H13N5O. The van der Waals surface area contributed by atoms with Crippen molar-refractivity contribution in [3.05, 3.63) is 24.3 Å². The molecule has 2 rings (SSSR count). The van der Waals surface area contributed by atoms with Gasteiger partial charge in [-0.25, -0.2) is 10.8 Å². The predicted octanol–water partition coefficient (Wildman–Crippen LogP) is 0.120. The van der Waals surface area contributed by atoms with Gasteiger partial charge in [0.25, 0.3) is 0 Å². The van der Waals surface area contributed by atoms with Crippen LogP contribution in [0.3, 0.4) is 0 Å². The lowest BCUT2D eigenvalue weighted by Crippen LogP contribution is -2.30. The largest absolute Gasteiger partial charge is 0.326 e. The van der Waals surface area contributed by atoms with Gasteiger partial charge in [-0.05, 0) is 13.0 Å². The highest BCUT2D eigenvalue weighted by Crippen LogP contribution is 2.14. The number of fused-ring (bicyclic) bond motifs is 1. The lowest BCUT2D eigenvalue weighted by Gasteiger charge is -2.05. The molecule has 0 aromatic carbocycles. The number of nitrogens with two attached hydrogens (primary N) is 1. The number of nitrogens with one attached hydrogen (secondary N) is 1. The van der Waals surface area contributed by atoms with E-state index in [0.717, 1.165) is 16.9 Å². The number of pyridine rings is 1. The maximum absolute atomic E-state index is 11.1. The zero-order chi connectivity index (χ0) is 11.5. The summed E-state index contributed by atoms with van der Waals surface area (Å²) in [7, 11) is 0. The zero-order valence-corrected chi connectivity index (χ0v) is 8.97. The Labute approximate surface area is 92.5 Å². The number of carbonyl (C=O) groups excluding carboxylic acids is 1. The van der Waals surface area contributed by atoms with Gasteiger partial charge in [0, 0.05) is 19.2 Å². The molecule has 0 aliphatic rings. The number of hydrogen-bond donors (Lipinski definition) is 2. The van der Waals surface area contributed by atoms with Gasteiger partial charge in [0.2, 0.25) is 5.91 Å². The molecule has 0 bridgehead atoms. The second kappa shape index (κ2) is 4.28. The molecule has 2 heterocycles. The van der Waals surface area contributed by atoms with E-state index in [1.54, 1.807) is 12.4 Å². The molecule has 0 aliphatic heterocycles. The quantitative estimate of drug-likeness (QED) is 0.436. The number of aryl methyl sites for hydroxylation is 2. The molecule has 84 valence electrons. The molecule has 0 fully saturated rings. The summed E-state index contributed by atoms with van der Waals surface area (Å²) in [5.74, 6) is 5.70. The normalized spacial score (nSPS) is 10.6. The van der Waals surface area contributed by atoms with Crippen LogP contribution in [0.25, 0.3) is 11.0 Å². The van der Waals surface area contributed by atoms with Crippen LogP contribution >= 0.6 is 0 Å². The summed E-state index contributed by atoms with van der Waals surface area (Å²) in [6.07, 6.45) is 3.78. The first-order chi connectivity index (χ1) is 7.72. The van der Waals surface area contributed by atoms with Gasteiger partial charge in [0.05, 0.1) is 17.2 Å². The molecule has 1 amide bonds. The van der Waals surface area contributed by atoms with Crippen LogP contribution in [0.1, 0.15) is 12.2 Å². The Balaban J connectivity index is 2.29. The first kappa shape index (κ1) is 10.6. The van der Waals surface area contributed by atoms with Crippen molar-refractivity contribution >= 4 is 16.9 Å². The fourth-order valence-corrected chi connectivity index (χ4v) is 1.66. The third-order valence-corrected chi connectivity index (χ3v) is 2.46. The molecule has 6 heteroatoms.